The molecule has 58 valence electrons. The van der Waals surface area contributed by atoms with Gasteiger partial charge >= 0.3 is 5.97 Å². The highest BCUT2D eigenvalue weighted by Gasteiger charge is 2.11. The minimum absolute atomic E-state index is 0.0387. The first-order valence-corrected chi connectivity index (χ1v) is 2.68. The number of methoxy groups -OCH3 is 1. The first-order valence-electron chi connectivity index (χ1n) is 2.68. The zero-order valence-electron chi connectivity index (χ0n) is 5.74. The van der Waals surface area contributed by atoms with Crippen LogP contribution in [0.1, 0.15) is 0 Å². The van der Waals surface area contributed by atoms with Crippen LogP contribution in [-0.2, 0) is 14.3 Å². The number of hydrogen-bond donors (Lipinski definition) is 1. The summed E-state index contributed by atoms with van der Waals surface area (Å²) in [4.78, 5) is 10.2. The molecular formula is C6H10O4. The van der Waals surface area contributed by atoms with Gasteiger partial charge in [-0.15, -0.1) is 0 Å². The van der Waals surface area contributed by atoms with Gasteiger partial charge in [0.05, 0.1) is 0 Å². The number of aliphatic carboxylic acids is 1. The fourth-order valence-corrected chi connectivity index (χ4v) is 0.381. The maximum Gasteiger partial charge on any atom is 0.336 e. The van der Waals surface area contributed by atoms with E-state index in [2.05, 4.69) is 16.1 Å². The van der Waals surface area contributed by atoms with Crippen LogP contribution in [-0.4, -0.2) is 31.1 Å². The molecule has 1 atom stereocenters. The molecule has 0 saturated heterocycles. The van der Waals surface area contributed by atoms with E-state index in [1.807, 2.05) is 0 Å². The van der Waals surface area contributed by atoms with E-state index in [1.165, 1.54) is 13.2 Å². The normalized spacial score (nSPS) is 12.5. The molecule has 0 aliphatic carbocycles. The number of hydrogen-bond acceptors (Lipinski definition) is 3. The summed E-state index contributed by atoms with van der Waals surface area (Å²) in [6, 6.07) is 0. The van der Waals surface area contributed by atoms with Crippen LogP contribution in [0.5, 0.6) is 0 Å². The second-order valence-corrected chi connectivity index (χ2v) is 1.57. The molecule has 0 saturated carbocycles. The lowest BCUT2D eigenvalue weighted by molar-refractivity contribution is -0.153. The third kappa shape index (κ3) is 3.21. The molecule has 0 aliphatic rings. The predicted molar refractivity (Wildman–Crippen MR) is 34.6 cm³/mol. The Hall–Kier alpha value is -0.870. The van der Waals surface area contributed by atoms with Crippen LogP contribution in [0.25, 0.3) is 0 Å². The van der Waals surface area contributed by atoms with Gasteiger partial charge in [0.15, 0.2) is 6.10 Å². The zero-order chi connectivity index (χ0) is 7.98. The van der Waals surface area contributed by atoms with Gasteiger partial charge in [-0.05, 0) is 0 Å². The summed E-state index contributed by atoms with van der Waals surface area (Å²) in [6.07, 6.45) is 0.224. The lowest BCUT2D eigenvalue weighted by Crippen LogP contribution is -2.21. The fourth-order valence-electron chi connectivity index (χ4n) is 0.381. The van der Waals surface area contributed by atoms with Gasteiger partial charge in [0.25, 0.3) is 0 Å². The van der Waals surface area contributed by atoms with Crippen LogP contribution in [0.3, 0.4) is 0 Å². The molecule has 0 aromatic rings. The second-order valence-electron chi connectivity index (χ2n) is 1.57. The van der Waals surface area contributed by atoms with Crippen molar-refractivity contribution in [3.8, 4) is 0 Å². The maximum atomic E-state index is 10.2. The molecule has 1 N–H and O–H groups in total. The molecule has 0 rings (SSSR count). The van der Waals surface area contributed by atoms with Crippen LogP contribution < -0.4 is 0 Å². The Morgan fingerprint density at radius 1 is 1.90 bits per heavy atom. The standard InChI is InChI=1S/C6H10O4/c1-3-5(6(7)8)10-4-9-2/h3,5H,1,4H2,2H3,(H,7,8). The number of rotatable bonds is 5. The minimum atomic E-state index is -1.06. The maximum absolute atomic E-state index is 10.2. The summed E-state index contributed by atoms with van der Waals surface area (Å²) in [6.45, 7) is 3.24. The first kappa shape index (κ1) is 9.13. The van der Waals surface area contributed by atoms with E-state index >= 15 is 0 Å². The number of carbonyl (C=O) groups is 1. The van der Waals surface area contributed by atoms with E-state index in [1.54, 1.807) is 0 Å². The average molecular weight is 146 g/mol. The third-order valence-electron chi connectivity index (χ3n) is 0.823. The van der Waals surface area contributed by atoms with Crippen molar-refractivity contribution in [3.05, 3.63) is 12.7 Å². The summed E-state index contributed by atoms with van der Waals surface area (Å²) >= 11 is 0. The number of carboxylic acid groups (broad SMARTS) is 1. The molecule has 0 fully saturated rings. The van der Waals surface area contributed by atoms with E-state index in [-0.39, 0.29) is 6.79 Å². The Balaban J connectivity index is 3.60. The molecular weight excluding hydrogens is 136 g/mol. The first-order chi connectivity index (χ1) is 4.72. The van der Waals surface area contributed by atoms with Gasteiger partial charge in [-0.1, -0.05) is 12.7 Å². The van der Waals surface area contributed by atoms with E-state index < -0.39 is 12.1 Å². The predicted octanol–water partition coefficient (Wildman–Crippen LogP) is 0.246. The topological polar surface area (TPSA) is 55.8 Å². The molecule has 4 nitrogen and oxygen atoms in total. The van der Waals surface area contributed by atoms with Crippen molar-refractivity contribution in [1.82, 2.24) is 0 Å². The van der Waals surface area contributed by atoms with Gasteiger partial charge in [0.2, 0.25) is 0 Å². The molecule has 0 aliphatic heterocycles. The molecule has 1 unspecified atom stereocenters. The molecule has 0 radical (unpaired) electrons. The van der Waals surface area contributed by atoms with E-state index in [4.69, 9.17) is 5.11 Å². The summed E-state index contributed by atoms with van der Waals surface area (Å²) in [5.41, 5.74) is 0. The van der Waals surface area contributed by atoms with E-state index in [9.17, 15) is 4.79 Å². The molecule has 4 heteroatoms. The quantitative estimate of drug-likeness (QED) is 0.446. The second kappa shape index (κ2) is 4.96. The van der Waals surface area contributed by atoms with E-state index in [0.717, 1.165) is 0 Å². The number of ether oxygens (including phenoxy) is 2. The van der Waals surface area contributed by atoms with Crippen LogP contribution in [0.4, 0.5) is 0 Å². The lowest BCUT2D eigenvalue weighted by Gasteiger charge is -2.06. The molecule has 0 heterocycles. The van der Waals surface area contributed by atoms with E-state index in [0.29, 0.717) is 0 Å². The largest absolute Gasteiger partial charge is 0.479 e. The van der Waals surface area contributed by atoms with Crippen molar-refractivity contribution in [2.45, 2.75) is 6.10 Å². The average Bonchev–Trinajstić information content (AvgIpc) is 1.89. The fraction of sp³-hybridized carbons (Fsp3) is 0.500. The third-order valence-corrected chi connectivity index (χ3v) is 0.823. The Bertz CT molecular complexity index is 121. The van der Waals surface area contributed by atoms with Crippen molar-refractivity contribution in [3.63, 3.8) is 0 Å². The Kier molecular flexibility index (Phi) is 4.53. The summed E-state index contributed by atoms with van der Waals surface area (Å²) < 4.78 is 9.15. The summed E-state index contributed by atoms with van der Waals surface area (Å²) in [5, 5.41) is 8.35. The molecule has 10 heavy (non-hydrogen) atoms. The molecule has 0 amide bonds. The Labute approximate surface area is 59.1 Å². The van der Waals surface area contributed by atoms with Crippen molar-refractivity contribution >= 4 is 5.97 Å². The van der Waals surface area contributed by atoms with Crippen LogP contribution >= 0.6 is 0 Å². The van der Waals surface area contributed by atoms with Crippen molar-refractivity contribution in [1.29, 1.82) is 0 Å². The molecule has 0 bridgehead atoms. The summed E-state index contributed by atoms with van der Waals surface area (Å²) in [5.74, 6) is -1.06. The van der Waals surface area contributed by atoms with Gasteiger partial charge in [0, 0.05) is 7.11 Å². The highest BCUT2D eigenvalue weighted by atomic mass is 16.7. The van der Waals surface area contributed by atoms with Gasteiger partial charge in [-0.2, -0.15) is 0 Å². The minimum Gasteiger partial charge on any atom is -0.479 e. The zero-order valence-corrected chi connectivity index (χ0v) is 5.74. The Morgan fingerprint density at radius 2 is 2.50 bits per heavy atom. The lowest BCUT2D eigenvalue weighted by atomic mass is 10.4. The van der Waals surface area contributed by atoms with Gasteiger partial charge in [0.1, 0.15) is 6.79 Å². The van der Waals surface area contributed by atoms with Crippen LogP contribution in [0, 0.1) is 0 Å². The van der Waals surface area contributed by atoms with Crippen LogP contribution in [0.2, 0.25) is 0 Å². The molecule has 0 aromatic carbocycles. The monoisotopic (exact) mass is 146 g/mol. The number of carboxylic acids is 1. The van der Waals surface area contributed by atoms with Crippen LogP contribution in [0.15, 0.2) is 12.7 Å². The van der Waals surface area contributed by atoms with Gasteiger partial charge in [-0.3, -0.25) is 0 Å². The summed E-state index contributed by atoms with van der Waals surface area (Å²) in [7, 11) is 1.42. The highest BCUT2D eigenvalue weighted by molar-refractivity contribution is 5.74. The van der Waals surface area contributed by atoms with Crippen molar-refractivity contribution in [2.24, 2.45) is 0 Å². The molecule has 0 aromatic heterocycles. The van der Waals surface area contributed by atoms with Gasteiger partial charge in [-0.25, -0.2) is 4.79 Å². The highest BCUT2D eigenvalue weighted by Crippen LogP contribution is 1.92. The van der Waals surface area contributed by atoms with Crippen molar-refractivity contribution in [2.75, 3.05) is 13.9 Å². The smallest absolute Gasteiger partial charge is 0.336 e. The molecule has 0 spiro atoms. The van der Waals surface area contributed by atoms with Crippen molar-refractivity contribution < 1.29 is 19.4 Å². The van der Waals surface area contributed by atoms with Gasteiger partial charge < -0.3 is 14.6 Å². The Morgan fingerprint density at radius 3 is 2.80 bits per heavy atom. The SMILES string of the molecule is C=CC(OCOC)C(=O)O.